The second-order valence-corrected chi connectivity index (χ2v) is 9.57. The van der Waals surface area contributed by atoms with Crippen molar-refractivity contribution in [3.8, 4) is 5.75 Å². The third-order valence-electron chi connectivity index (χ3n) is 7.63. The van der Waals surface area contributed by atoms with E-state index >= 15 is 0 Å². The minimum absolute atomic E-state index is 0.223. The molecule has 2 heterocycles. The van der Waals surface area contributed by atoms with E-state index in [1.807, 2.05) is 32.0 Å². The van der Waals surface area contributed by atoms with Crippen molar-refractivity contribution in [2.24, 2.45) is 23.7 Å². The molecule has 0 aromatic heterocycles. The van der Waals surface area contributed by atoms with E-state index in [9.17, 15) is 19.8 Å². The van der Waals surface area contributed by atoms with Crippen LogP contribution in [0.5, 0.6) is 5.75 Å². The molecular weight excluding hydrogens is 422 g/mol. The summed E-state index contributed by atoms with van der Waals surface area (Å²) in [5.74, 6) is -4.00. The molecular formula is C26H29NO6. The van der Waals surface area contributed by atoms with Gasteiger partial charge in [-0.2, -0.15) is 0 Å². The molecule has 2 aromatic rings. The van der Waals surface area contributed by atoms with Crippen molar-refractivity contribution in [2.45, 2.75) is 38.6 Å². The fraction of sp³-hybridized carbons (Fsp3) is 0.462. The van der Waals surface area contributed by atoms with Crippen molar-refractivity contribution in [3.63, 3.8) is 0 Å². The number of phenolic OH excluding ortho intramolecular Hbond substituents is 1. The Morgan fingerprint density at radius 3 is 2.39 bits per heavy atom. The molecule has 1 saturated carbocycles. The Morgan fingerprint density at radius 2 is 1.76 bits per heavy atom. The minimum Gasteiger partial charge on any atom is -0.507 e. The number of amides is 2. The second-order valence-electron chi connectivity index (χ2n) is 9.57. The summed E-state index contributed by atoms with van der Waals surface area (Å²) in [4.78, 5) is 28.2. The first kappa shape index (κ1) is 22.1. The number of phenols is 1. The molecule has 174 valence electrons. The Labute approximate surface area is 192 Å². The number of aliphatic hydroxyl groups is 1. The fourth-order valence-electron chi connectivity index (χ4n) is 6.09. The van der Waals surface area contributed by atoms with Crippen LogP contribution in [0.3, 0.4) is 0 Å². The van der Waals surface area contributed by atoms with Gasteiger partial charge in [-0.1, -0.05) is 18.2 Å². The van der Waals surface area contributed by atoms with Crippen LogP contribution < -0.4 is 4.90 Å². The van der Waals surface area contributed by atoms with E-state index in [0.717, 1.165) is 16.7 Å². The molecule has 2 amide bonds. The maximum Gasteiger partial charge on any atom is 0.238 e. The van der Waals surface area contributed by atoms with Gasteiger partial charge in [0.2, 0.25) is 11.8 Å². The molecule has 7 nitrogen and oxygen atoms in total. The average Bonchev–Trinajstić information content (AvgIpc) is 3.27. The van der Waals surface area contributed by atoms with E-state index < -0.39 is 35.6 Å². The average molecular weight is 452 g/mol. The monoisotopic (exact) mass is 451 g/mol. The second kappa shape index (κ2) is 7.94. The van der Waals surface area contributed by atoms with Crippen LogP contribution in [0.1, 0.15) is 35.6 Å². The summed E-state index contributed by atoms with van der Waals surface area (Å²) in [5.41, 5.74) is 2.84. The zero-order valence-corrected chi connectivity index (χ0v) is 19.0. The predicted octanol–water partition coefficient (Wildman–Crippen LogP) is 3.25. The number of benzene rings is 2. The fourth-order valence-corrected chi connectivity index (χ4v) is 6.09. The Bertz CT molecular complexity index is 1080. The highest BCUT2D eigenvalue weighted by molar-refractivity contribution is 6.22. The lowest BCUT2D eigenvalue weighted by molar-refractivity contribution is -0.275. The van der Waals surface area contributed by atoms with Crippen LogP contribution in [-0.4, -0.2) is 41.5 Å². The number of rotatable bonds is 4. The maximum absolute atomic E-state index is 13.6. The molecule has 0 unspecified atom stereocenters. The Morgan fingerprint density at radius 1 is 1.09 bits per heavy atom. The minimum atomic E-state index is -1.58. The summed E-state index contributed by atoms with van der Waals surface area (Å²) in [6.07, 6.45) is 0.271. The molecule has 0 spiro atoms. The van der Waals surface area contributed by atoms with Gasteiger partial charge in [0.1, 0.15) is 5.75 Å². The van der Waals surface area contributed by atoms with Crippen LogP contribution in [0.15, 0.2) is 42.5 Å². The number of aromatic hydroxyl groups is 1. The van der Waals surface area contributed by atoms with Crippen LogP contribution in [0.2, 0.25) is 0 Å². The van der Waals surface area contributed by atoms with Crippen molar-refractivity contribution in [1.82, 2.24) is 0 Å². The molecule has 5 rings (SSSR count). The van der Waals surface area contributed by atoms with Gasteiger partial charge in [-0.15, -0.1) is 0 Å². The van der Waals surface area contributed by atoms with E-state index in [0.29, 0.717) is 18.5 Å². The normalized spacial score (nSPS) is 33.3. The lowest BCUT2D eigenvalue weighted by atomic mass is 9.64. The molecule has 2 aliphatic heterocycles. The zero-order valence-electron chi connectivity index (χ0n) is 19.0. The first-order valence-electron chi connectivity index (χ1n) is 11.4. The molecule has 6 atom stereocenters. The van der Waals surface area contributed by atoms with E-state index in [-0.39, 0.29) is 24.2 Å². The number of hydrogen-bond acceptors (Lipinski definition) is 6. The summed E-state index contributed by atoms with van der Waals surface area (Å²) in [5, 5.41) is 22.0. The molecule has 3 fully saturated rings. The summed E-state index contributed by atoms with van der Waals surface area (Å²) in [7, 11) is 1.56. The smallest absolute Gasteiger partial charge is 0.238 e. The Kier molecular flexibility index (Phi) is 5.31. The van der Waals surface area contributed by atoms with Crippen molar-refractivity contribution < 1.29 is 29.3 Å². The topological polar surface area (TPSA) is 96.3 Å². The zero-order chi connectivity index (χ0) is 23.5. The molecule has 33 heavy (non-hydrogen) atoms. The van der Waals surface area contributed by atoms with Gasteiger partial charge in [-0.25, -0.2) is 0 Å². The van der Waals surface area contributed by atoms with Crippen molar-refractivity contribution in [2.75, 3.05) is 18.6 Å². The summed E-state index contributed by atoms with van der Waals surface area (Å²) >= 11 is 0. The first-order chi connectivity index (χ1) is 15.8. The number of imide groups is 1. The molecule has 0 radical (unpaired) electrons. The molecule has 7 heteroatoms. The van der Waals surface area contributed by atoms with Gasteiger partial charge in [0, 0.05) is 18.9 Å². The van der Waals surface area contributed by atoms with E-state index in [1.165, 1.54) is 4.90 Å². The van der Waals surface area contributed by atoms with Crippen molar-refractivity contribution >= 4 is 17.5 Å². The maximum atomic E-state index is 13.6. The van der Waals surface area contributed by atoms with Crippen molar-refractivity contribution in [3.05, 3.63) is 59.2 Å². The first-order valence-corrected chi connectivity index (χ1v) is 11.4. The summed E-state index contributed by atoms with van der Waals surface area (Å²) in [6.45, 7) is 3.87. The molecule has 2 aromatic carbocycles. The summed E-state index contributed by atoms with van der Waals surface area (Å²) < 4.78 is 11.7. The number of nitrogens with zero attached hydrogens (tertiary/aromatic N) is 1. The van der Waals surface area contributed by atoms with E-state index in [4.69, 9.17) is 9.47 Å². The molecule has 1 aliphatic carbocycles. The Balaban J connectivity index is 1.54. The van der Waals surface area contributed by atoms with Gasteiger partial charge in [-0.05, 0) is 67.6 Å². The summed E-state index contributed by atoms with van der Waals surface area (Å²) in [6, 6.07) is 12.6. The third kappa shape index (κ3) is 3.29. The number of anilines is 1. The highest BCUT2D eigenvalue weighted by atomic mass is 16.6. The van der Waals surface area contributed by atoms with Gasteiger partial charge >= 0.3 is 0 Å². The number of fused-ring (bicyclic) bond motifs is 3. The number of carbonyl (C=O) groups excluding carboxylic acids is 2. The highest BCUT2D eigenvalue weighted by Gasteiger charge is 2.66. The molecule has 2 N–H and O–H groups in total. The highest BCUT2D eigenvalue weighted by Crippen LogP contribution is 2.58. The number of carbonyl (C=O) groups is 2. The van der Waals surface area contributed by atoms with Crippen LogP contribution in [0.25, 0.3) is 0 Å². The predicted molar refractivity (Wildman–Crippen MR) is 120 cm³/mol. The van der Waals surface area contributed by atoms with Crippen LogP contribution in [0.4, 0.5) is 5.69 Å². The number of methoxy groups -OCH3 is 1. The number of para-hydroxylation sites is 1. The third-order valence-corrected chi connectivity index (χ3v) is 7.63. The number of ether oxygens (including phenoxy) is 2. The quantitative estimate of drug-likeness (QED) is 0.693. The van der Waals surface area contributed by atoms with Gasteiger partial charge in [0.25, 0.3) is 0 Å². The van der Waals surface area contributed by atoms with Gasteiger partial charge in [-0.3, -0.25) is 14.5 Å². The Hall–Kier alpha value is -2.74. The van der Waals surface area contributed by atoms with Crippen LogP contribution >= 0.6 is 0 Å². The van der Waals surface area contributed by atoms with Gasteiger partial charge < -0.3 is 19.7 Å². The SMILES string of the molecule is COC[C@H]1C[C@@H]2C(=O)N(c3ccccc3)C(=O)[C@@H]2[C@@H]2C[C@@H](c3cc(C)c(O)c(C)c3)O[C@]12O. The van der Waals surface area contributed by atoms with Crippen LogP contribution in [-0.2, 0) is 19.1 Å². The van der Waals surface area contributed by atoms with Crippen LogP contribution in [0, 0.1) is 37.5 Å². The number of hydrogen-bond donors (Lipinski definition) is 2. The van der Waals surface area contributed by atoms with Gasteiger partial charge in [0.05, 0.1) is 30.2 Å². The van der Waals surface area contributed by atoms with Crippen molar-refractivity contribution in [1.29, 1.82) is 0 Å². The van der Waals surface area contributed by atoms with E-state index in [1.54, 1.807) is 31.4 Å². The lowest BCUT2D eigenvalue weighted by Gasteiger charge is -2.44. The standard InChI is InChI=1S/C26H29NO6/c1-14-9-16(10-15(2)23(14)28)21-12-20-22-19(11-17(13-32-3)26(20,31)33-21)24(29)27(25(22)30)18-7-5-4-6-8-18/h4-10,17,19-22,28,31H,11-13H2,1-3H3/t17-,19+,20+,21+,22+,26-/m1/s1. The number of aryl methyl sites for hydroxylation is 2. The lowest BCUT2D eigenvalue weighted by Crippen LogP contribution is -2.54. The van der Waals surface area contributed by atoms with Gasteiger partial charge in [0.15, 0.2) is 5.79 Å². The largest absolute Gasteiger partial charge is 0.507 e. The molecule has 3 aliphatic rings. The molecule has 2 saturated heterocycles. The van der Waals surface area contributed by atoms with E-state index in [2.05, 4.69) is 0 Å². The molecule has 0 bridgehead atoms.